The van der Waals surface area contributed by atoms with Crippen LogP contribution in [0, 0.1) is 0 Å². The third kappa shape index (κ3) is 1.25. The first-order valence-electron chi connectivity index (χ1n) is 4.55. The zero-order valence-corrected chi connectivity index (χ0v) is 7.11. The highest BCUT2D eigenvalue weighted by Gasteiger charge is 2.18. The Kier molecular flexibility index (Phi) is 2.13. The van der Waals surface area contributed by atoms with Crippen molar-refractivity contribution in [3.05, 3.63) is 18.0 Å². The molecule has 0 amide bonds. The van der Waals surface area contributed by atoms with Crippen LogP contribution < -0.4 is 0 Å². The maximum atomic E-state index is 9.01. The molecule has 1 saturated carbocycles. The average Bonchev–Trinajstić information content (AvgIpc) is 2.74. The minimum atomic E-state index is 0.108. The van der Waals surface area contributed by atoms with Gasteiger partial charge < -0.3 is 5.11 Å². The molecule has 0 atom stereocenters. The van der Waals surface area contributed by atoms with Crippen molar-refractivity contribution in [2.75, 3.05) is 0 Å². The Bertz CT molecular complexity index is 251. The summed E-state index contributed by atoms with van der Waals surface area (Å²) in [5.41, 5.74) is 0.946. The highest BCUT2D eigenvalue weighted by Crippen LogP contribution is 2.29. The van der Waals surface area contributed by atoms with E-state index < -0.39 is 0 Å². The molecule has 12 heavy (non-hydrogen) atoms. The maximum Gasteiger partial charge on any atom is 0.0850 e. The van der Waals surface area contributed by atoms with Crippen molar-refractivity contribution in [2.24, 2.45) is 0 Å². The fourth-order valence-corrected chi connectivity index (χ4v) is 1.94. The summed E-state index contributed by atoms with van der Waals surface area (Å²) in [6.07, 6.45) is 6.80. The standard InChI is InChI=1S/C9H14N2O/c12-7-9-5-6-10-11(9)8-3-1-2-4-8/h5-6,8,12H,1-4,7H2. The predicted molar refractivity (Wildman–Crippen MR) is 45.7 cm³/mol. The van der Waals surface area contributed by atoms with Crippen LogP contribution in [-0.2, 0) is 6.61 Å². The van der Waals surface area contributed by atoms with Crippen molar-refractivity contribution in [3.8, 4) is 0 Å². The maximum absolute atomic E-state index is 9.01. The summed E-state index contributed by atoms with van der Waals surface area (Å²) in [5.74, 6) is 0. The van der Waals surface area contributed by atoms with Crippen LogP contribution in [0.3, 0.4) is 0 Å². The first-order chi connectivity index (χ1) is 5.92. The number of nitrogens with zero attached hydrogens (tertiary/aromatic N) is 2. The fourth-order valence-electron chi connectivity index (χ4n) is 1.94. The number of aliphatic hydroxyl groups excluding tert-OH is 1. The van der Waals surface area contributed by atoms with Crippen molar-refractivity contribution in [1.29, 1.82) is 0 Å². The zero-order chi connectivity index (χ0) is 8.39. The van der Waals surface area contributed by atoms with Crippen LogP contribution in [0.2, 0.25) is 0 Å². The lowest BCUT2D eigenvalue weighted by molar-refractivity contribution is 0.261. The van der Waals surface area contributed by atoms with Crippen molar-refractivity contribution < 1.29 is 5.11 Å². The van der Waals surface area contributed by atoms with Gasteiger partial charge in [-0.2, -0.15) is 5.10 Å². The molecule has 0 aromatic carbocycles. The molecule has 1 fully saturated rings. The molecule has 0 saturated heterocycles. The molecule has 1 aromatic heterocycles. The molecule has 0 spiro atoms. The van der Waals surface area contributed by atoms with E-state index in [4.69, 9.17) is 5.11 Å². The van der Waals surface area contributed by atoms with Crippen LogP contribution in [0.5, 0.6) is 0 Å². The molecule has 1 N–H and O–H groups in total. The van der Waals surface area contributed by atoms with Crippen LogP contribution in [0.4, 0.5) is 0 Å². The predicted octanol–water partition coefficient (Wildman–Crippen LogP) is 1.49. The Hall–Kier alpha value is -0.830. The molecule has 1 aliphatic carbocycles. The highest BCUT2D eigenvalue weighted by molar-refractivity contribution is 5.00. The van der Waals surface area contributed by atoms with Gasteiger partial charge in [-0.1, -0.05) is 12.8 Å². The summed E-state index contributed by atoms with van der Waals surface area (Å²) in [4.78, 5) is 0. The Labute approximate surface area is 72.0 Å². The zero-order valence-electron chi connectivity index (χ0n) is 7.11. The Balaban J connectivity index is 2.19. The lowest BCUT2D eigenvalue weighted by Gasteiger charge is -2.12. The molecule has 1 heterocycles. The van der Waals surface area contributed by atoms with E-state index in [1.165, 1.54) is 25.7 Å². The molecule has 3 heteroatoms. The van der Waals surface area contributed by atoms with Crippen molar-refractivity contribution in [3.63, 3.8) is 0 Å². The van der Waals surface area contributed by atoms with Gasteiger partial charge in [-0.05, 0) is 18.9 Å². The van der Waals surface area contributed by atoms with Crippen LogP contribution >= 0.6 is 0 Å². The number of aliphatic hydroxyl groups is 1. The van der Waals surface area contributed by atoms with Gasteiger partial charge in [0, 0.05) is 6.20 Å². The average molecular weight is 166 g/mol. The summed E-state index contributed by atoms with van der Waals surface area (Å²) in [6, 6.07) is 2.43. The minimum absolute atomic E-state index is 0.108. The topological polar surface area (TPSA) is 38.1 Å². The second-order valence-corrected chi connectivity index (χ2v) is 3.36. The molecule has 1 aliphatic rings. The highest BCUT2D eigenvalue weighted by atomic mass is 16.3. The minimum Gasteiger partial charge on any atom is -0.390 e. The molecule has 0 bridgehead atoms. The molecule has 0 aliphatic heterocycles. The van der Waals surface area contributed by atoms with Gasteiger partial charge in [-0.25, -0.2) is 0 Å². The van der Waals surface area contributed by atoms with Crippen LogP contribution in [0.1, 0.15) is 37.4 Å². The van der Waals surface area contributed by atoms with Crippen molar-refractivity contribution in [2.45, 2.75) is 38.3 Å². The van der Waals surface area contributed by atoms with Crippen LogP contribution in [0.25, 0.3) is 0 Å². The van der Waals surface area contributed by atoms with Gasteiger partial charge in [0.1, 0.15) is 0 Å². The molecule has 3 nitrogen and oxygen atoms in total. The van der Waals surface area contributed by atoms with E-state index in [2.05, 4.69) is 5.10 Å². The smallest absolute Gasteiger partial charge is 0.0850 e. The molecular weight excluding hydrogens is 152 g/mol. The summed E-state index contributed by atoms with van der Waals surface area (Å²) in [5, 5.41) is 13.2. The Morgan fingerprint density at radius 2 is 2.25 bits per heavy atom. The molecule has 66 valence electrons. The van der Waals surface area contributed by atoms with Gasteiger partial charge in [-0.3, -0.25) is 4.68 Å². The monoisotopic (exact) mass is 166 g/mol. The SMILES string of the molecule is OCc1ccnn1C1CCCC1. The summed E-state index contributed by atoms with van der Waals surface area (Å²) in [7, 11) is 0. The van der Waals surface area contributed by atoms with Crippen LogP contribution in [-0.4, -0.2) is 14.9 Å². The third-order valence-electron chi connectivity index (χ3n) is 2.58. The number of aromatic nitrogens is 2. The largest absolute Gasteiger partial charge is 0.390 e. The first kappa shape index (κ1) is 7.80. The third-order valence-corrected chi connectivity index (χ3v) is 2.58. The summed E-state index contributed by atoms with van der Waals surface area (Å²) in [6.45, 7) is 0.108. The quantitative estimate of drug-likeness (QED) is 0.722. The van der Waals surface area contributed by atoms with Gasteiger partial charge in [0.15, 0.2) is 0 Å². The lowest BCUT2D eigenvalue weighted by Crippen LogP contribution is -2.10. The van der Waals surface area contributed by atoms with E-state index in [0.29, 0.717) is 6.04 Å². The van der Waals surface area contributed by atoms with Gasteiger partial charge in [-0.15, -0.1) is 0 Å². The van der Waals surface area contributed by atoms with E-state index in [-0.39, 0.29) is 6.61 Å². The Morgan fingerprint density at radius 3 is 2.92 bits per heavy atom. The fraction of sp³-hybridized carbons (Fsp3) is 0.667. The van der Waals surface area contributed by atoms with Gasteiger partial charge >= 0.3 is 0 Å². The van der Waals surface area contributed by atoms with Gasteiger partial charge in [0.05, 0.1) is 18.3 Å². The number of hydrogen-bond acceptors (Lipinski definition) is 2. The number of rotatable bonds is 2. The normalized spacial score (nSPS) is 18.8. The van der Waals surface area contributed by atoms with E-state index in [9.17, 15) is 0 Å². The van der Waals surface area contributed by atoms with Crippen LogP contribution in [0.15, 0.2) is 12.3 Å². The van der Waals surface area contributed by atoms with Crippen molar-refractivity contribution in [1.82, 2.24) is 9.78 Å². The molecule has 0 unspecified atom stereocenters. The van der Waals surface area contributed by atoms with E-state index in [1.807, 2.05) is 10.7 Å². The Morgan fingerprint density at radius 1 is 1.50 bits per heavy atom. The molecule has 1 aromatic rings. The van der Waals surface area contributed by atoms with Crippen molar-refractivity contribution >= 4 is 0 Å². The number of hydrogen-bond donors (Lipinski definition) is 1. The molecular formula is C9H14N2O. The lowest BCUT2D eigenvalue weighted by atomic mass is 10.2. The van der Waals surface area contributed by atoms with Gasteiger partial charge in [0.25, 0.3) is 0 Å². The van der Waals surface area contributed by atoms with Gasteiger partial charge in [0.2, 0.25) is 0 Å². The molecule has 2 rings (SSSR count). The first-order valence-corrected chi connectivity index (χ1v) is 4.55. The molecule has 0 radical (unpaired) electrons. The summed E-state index contributed by atoms with van der Waals surface area (Å²) >= 11 is 0. The van der Waals surface area contributed by atoms with E-state index >= 15 is 0 Å². The summed E-state index contributed by atoms with van der Waals surface area (Å²) < 4.78 is 1.98. The second kappa shape index (κ2) is 3.27. The van der Waals surface area contributed by atoms with E-state index in [1.54, 1.807) is 6.20 Å². The second-order valence-electron chi connectivity index (χ2n) is 3.36. The van der Waals surface area contributed by atoms with E-state index in [0.717, 1.165) is 5.69 Å².